The number of rotatable bonds is 4. The molecule has 1 aromatic rings. The summed E-state index contributed by atoms with van der Waals surface area (Å²) in [6, 6.07) is 5.39. The standard InChI is InChI=1S/C11H15NO2S/c1-4-14-11(13)9-6-5-7-10(12-9)15-8(2)3/h5-8H,4H2,1-3H3. The van der Waals surface area contributed by atoms with Gasteiger partial charge in [-0.15, -0.1) is 11.8 Å². The third kappa shape index (κ3) is 3.91. The summed E-state index contributed by atoms with van der Waals surface area (Å²) in [7, 11) is 0. The van der Waals surface area contributed by atoms with E-state index in [-0.39, 0.29) is 5.97 Å². The average Bonchev–Trinajstić information content (AvgIpc) is 2.17. The Morgan fingerprint density at radius 3 is 2.87 bits per heavy atom. The third-order valence-electron chi connectivity index (χ3n) is 1.56. The minimum Gasteiger partial charge on any atom is -0.461 e. The minimum atomic E-state index is -0.358. The summed E-state index contributed by atoms with van der Waals surface area (Å²) < 4.78 is 4.88. The van der Waals surface area contributed by atoms with E-state index in [2.05, 4.69) is 18.8 Å². The third-order valence-corrected chi connectivity index (χ3v) is 2.50. The summed E-state index contributed by atoms with van der Waals surface area (Å²) in [6.45, 7) is 6.33. The molecule has 0 bridgehead atoms. The molecular weight excluding hydrogens is 210 g/mol. The van der Waals surface area contributed by atoms with Crippen LogP contribution in [-0.2, 0) is 4.74 Å². The Morgan fingerprint density at radius 1 is 1.53 bits per heavy atom. The molecule has 0 aliphatic rings. The van der Waals surface area contributed by atoms with E-state index in [4.69, 9.17) is 4.74 Å². The predicted molar refractivity (Wildman–Crippen MR) is 61.2 cm³/mol. The maximum absolute atomic E-state index is 11.4. The second-order valence-electron chi connectivity index (χ2n) is 3.25. The van der Waals surface area contributed by atoms with E-state index in [0.29, 0.717) is 17.6 Å². The van der Waals surface area contributed by atoms with Crippen molar-refractivity contribution >= 4 is 17.7 Å². The van der Waals surface area contributed by atoms with Crippen LogP contribution >= 0.6 is 11.8 Å². The SMILES string of the molecule is CCOC(=O)c1cccc(SC(C)C)n1. The number of carbonyl (C=O) groups excluding carboxylic acids is 1. The zero-order chi connectivity index (χ0) is 11.3. The van der Waals surface area contributed by atoms with Crippen LogP contribution in [0, 0.1) is 0 Å². The van der Waals surface area contributed by atoms with E-state index < -0.39 is 0 Å². The van der Waals surface area contributed by atoms with Gasteiger partial charge in [-0.05, 0) is 19.1 Å². The lowest BCUT2D eigenvalue weighted by molar-refractivity contribution is 0.0518. The number of aromatic nitrogens is 1. The molecule has 1 aromatic heterocycles. The Balaban J connectivity index is 2.78. The van der Waals surface area contributed by atoms with Crippen molar-refractivity contribution in [2.24, 2.45) is 0 Å². The molecule has 0 aliphatic heterocycles. The van der Waals surface area contributed by atoms with Crippen molar-refractivity contribution in [2.45, 2.75) is 31.0 Å². The fraction of sp³-hybridized carbons (Fsp3) is 0.455. The van der Waals surface area contributed by atoms with E-state index in [1.807, 2.05) is 12.1 Å². The summed E-state index contributed by atoms with van der Waals surface area (Å²) in [6.07, 6.45) is 0. The molecule has 1 heterocycles. The molecule has 0 amide bonds. The van der Waals surface area contributed by atoms with Crippen LogP contribution in [0.4, 0.5) is 0 Å². The van der Waals surface area contributed by atoms with E-state index in [0.717, 1.165) is 5.03 Å². The van der Waals surface area contributed by atoms with Crippen LogP contribution in [-0.4, -0.2) is 22.8 Å². The highest BCUT2D eigenvalue weighted by Gasteiger charge is 2.09. The summed E-state index contributed by atoms with van der Waals surface area (Å²) in [5.41, 5.74) is 0.377. The molecule has 82 valence electrons. The number of pyridine rings is 1. The van der Waals surface area contributed by atoms with Crippen molar-refractivity contribution in [3.05, 3.63) is 23.9 Å². The molecule has 0 aliphatic carbocycles. The molecule has 0 N–H and O–H groups in total. The minimum absolute atomic E-state index is 0.358. The zero-order valence-corrected chi connectivity index (χ0v) is 10.0. The molecule has 0 radical (unpaired) electrons. The first-order valence-corrected chi connectivity index (χ1v) is 5.82. The van der Waals surface area contributed by atoms with Crippen LogP contribution in [0.15, 0.2) is 23.2 Å². The highest BCUT2D eigenvalue weighted by atomic mass is 32.2. The van der Waals surface area contributed by atoms with Crippen molar-refractivity contribution < 1.29 is 9.53 Å². The monoisotopic (exact) mass is 225 g/mol. The smallest absolute Gasteiger partial charge is 0.356 e. The summed E-state index contributed by atoms with van der Waals surface area (Å²) in [5.74, 6) is -0.358. The molecular formula is C11H15NO2S. The van der Waals surface area contributed by atoms with Gasteiger partial charge < -0.3 is 4.74 Å². The zero-order valence-electron chi connectivity index (χ0n) is 9.19. The highest BCUT2D eigenvalue weighted by molar-refractivity contribution is 7.99. The van der Waals surface area contributed by atoms with Crippen LogP contribution in [0.1, 0.15) is 31.3 Å². The highest BCUT2D eigenvalue weighted by Crippen LogP contribution is 2.20. The fourth-order valence-corrected chi connectivity index (χ4v) is 1.83. The molecule has 0 saturated carbocycles. The van der Waals surface area contributed by atoms with Gasteiger partial charge in [0.2, 0.25) is 0 Å². The van der Waals surface area contributed by atoms with E-state index in [1.54, 1.807) is 24.8 Å². The van der Waals surface area contributed by atoms with E-state index in [9.17, 15) is 4.79 Å². The Bertz CT molecular complexity index is 339. The summed E-state index contributed by atoms with van der Waals surface area (Å²) in [5, 5.41) is 1.31. The largest absolute Gasteiger partial charge is 0.461 e. The lowest BCUT2D eigenvalue weighted by Gasteiger charge is -2.05. The van der Waals surface area contributed by atoms with Gasteiger partial charge in [0.1, 0.15) is 5.69 Å². The Kier molecular flexibility index (Phi) is 4.62. The second-order valence-corrected chi connectivity index (χ2v) is 4.84. The van der Waals surface area contributed by atoms with Crippen molar-refractivity contribution in [1.82, 2.24) is 4.98 Å². The molecule has 0 spiro atoms. The summed E-state index contributed by atoms with van der Waals surface area (Å²) in [4.78, 5) is 15.6. The van der Waals surface area contributed by atoms with Gasteiger partial charge in [-0.2, -0.15) is 0 Å². The molecule has 0 aromatic carbocycles. The number of carbonyl (C=O) groups is 1. The average molecular weight is 225 g/mol. The molecule has 4 heteroatoms. The summed E-state index contributed by atoms with van der Waals surface area (Å²) >= 11 is 1.63. The maximum atomic E-state index is 11.4. The maximum Gasteiger partial charge on any atom is 0.356 e. The number of esters is 1. The lowest BCUT2D eigenvalue weighted by Crippen LogP contribution is -2.07. The van der Waals surface area contributed by atoms with Gasteiger partial charge >= 0.3 is 5.97 Å². The van der Waals surface area contributed by atoms with Crippen LogP contribution in [0.3, 0.4) is 0 Å². The van der Waals surface area contributed by atoms with E-state index in [1.165, 1.54) is 0 Å². The number of ether oxygens (including phenoxy) is 1. The number of hydrogen-bond acceptors (Lipinski definition) is 4. The molecule has 15 heavy (non-hydrogen) atoms. The second kappa shape index (κ2) is 5.75. The van der Waals surface area contributed by atoms with Gasteiger partial charge in [0.05, 0.1) is 11.6 Å². The van der Waals surface area contributed by atoms with Crippen molar-refractivity contribution in [1.29, 1.82) is 0 Å². The van der Waals surface area contributed by atoms with Gasteiger partial charge in [-0.1, -0.05) is 19.9 Å². The molecule has 1 rings (SSSR count). The fourth-order valence-electron chi connectivity index (χ4n) is 1.04. The molecule has 0 fully saturated rings. The quantitative estimate of drug-likeness (QED) is 0.583. The van der Waals surface area contributed by atoms with Crippen LogP contribution in [0.25, 0.3) is 0 Å². The first-order chi connectivity index (χ1) is 7.13. The van der Waals surface area contributed by atoms with Crippen molar-refractivity contribution in [3.8, 4) is 0 Å². The van der Waals surface area contributed by atoms with Crippen LogP contribution in [0.2, 0.25) is 0 Å². The van der Waals surface area contributed by atoms with Crippen LogP contribution in [0.5, 0.6) is 0 Å². The van der Waals surface area contributed by atoms with Gasteiger partial charge in [0.25, 0.3) is 0 Å². The molecule has 0 unspecified atom stereocenters. The number of thioether (sulfide) groups is 1. The van der Waals surface area contributed by atoms with Crippen molar-refractivity contribution in [2.75, 3.05) is 6.61 Å². The molecule has 3 nitrogen and oxygen atoms in total. The first-order valence-electron chi connectivity index (χ1n) is 4.94. The van der Waals surface area contributed by atoms with Gasteiger partial charge in [0.15, 0.2) is 0 Å². The first kappa shape index (κ1) is 12.0. The molecule has 0 saturated heterocycles. The number of hydrogen-bond donors (Lipinski definition) is 0. The predicted octanol–water partition coefficient (Wildman–Crippen LogP) is 2.76. The Hall–Kier alpha value is -1.03. The van der Waals surface area contributed by atoms with Gasteiger partial charge in [-0.25, -0.2) is 9.78 Å². The number of nitrogens with zero attached hydrogens (tertiary/aromatic N) is 1. The van der Waals surface area contributed by atoms with Gasteiger partial charge in [-0.3, -0.25) is 0 Å². The van der Waals surface area contributed by atoms with Crippen molar-refractivity contribution in [3.63, 3.8) is 0 Å². The van der Waals surface area contributed by atoms with E-state index >= 15 is 0 Å². The normalized spacial score (nSPS) is 10.4. The molecule has 0 atom stereocenters. The lowest BCUT2D eigenvalue weighted by atomic mass is 10.3. The Labute approximate surface area is 94.2 Å². The van der Waals surface area contributed by atoms with Crippen LogP contribution < -0.4 is 0 Å². The van der Waals surface area contributed by atoms with Gasteiger partial charge in [0, 0.05) is 5.25 Å². The topological polar surface area (TPSA) is 39.2 Å². The Morgan fingerprint density at radius 2 is 2.27 bits per heavy atom.